The summed E-state index contributed by atoms with van der Waals surface area (Å²) < 4.78 is 7.55. The van der Waals surface area contributed by atoms with Gasteiger partial charge in [0.1, 0.15) is 12.4 Å². The van der Waals surface area contributed by atoms with Gasteiger partial charge in [-0.3, -0.25) is 0 Å². The van der Waals surface area contributed by atoms with Crippen molar-refractivity contribution >= 4 is 5.69 Å². The molecule has 2 heterocycles. The molecular formula is C12H13N3O. The van der Waals surface area contributed by atoms with Crippen LogP contribution in [0.3, 0.4) is 0 Å². The molecule has 16 heavy (non-hydrogen) atoms. The molecule has 2 N–H and O–H groups in total. The van der Waals surface area contributed by atoms with Crippen molar-refractivity contribution in [2.24, 2.45) is 0 Å². The Morgan fingerprint density at radius 3 is 3.19 bits per heavy atom. The van der Waals surface area contributed by atoms with Crippen molar-refractivity contribution in [3.63, 3.8) is 0 Å². The summed E-state index contributed by atoms with van der Waals surface area (Å²) in [6.07, 6.45) is 1.89. The fraction of sp³-hybridized carbons (Fsp3) is 0.250. The molecule has 3 rings (SSSR count). The van der Waals surface area contributed by atoms with E-state index in [0.717, 1.165) is 35.9 Å². The van der Waals surface area contributed by atoms with E-state index in [2.05, 4.69) is 15.6 Å². The number of rotatable bonds is 1. The number of imidazole rings is 1. The van der Waals surface area contributed by atoms with Gasteiger partial charge in [-0.15, -0.1) is 0 Å². The van der Waals surface area contributed by atoms with Gasteiger partial charge < -0.3 is 15.0 Å². The van der Waals surface area contributed by atoms with Crippen LogP contribution in [0.15, 0.2) is 30.5 Å². The molecule has 0 aliphatic carbocycles. The lowest BCUT2D eigenvalue weighted by Gasteiger charge is -2.17. The standard InChI is InChI=1S/C12H13N3O/c13-10-3-1-2-9(6-10)11-7-14-12-8-16-5-4-15(11)12/h1-3,6-7H,4-5,8,13H2. The zero-order valence-corrected chi connectivity index (χ0v) is 8.89. The zero-order chi connectivity index (χ0) is 11.0. The highest BCUT2D eigenvalue weighted by atomic mass is 16.5. The lowest BCUT2D eigenvalue weighted by Crippen LogP contribution is -2.17. The Morgan fingerprint density at radius 1 is 1.38 bits per heavy atom. The first kappa shape index (κ1) is 9.42. The van der Waals surface area contributed by atoms with Crippen LogP contribution in [0.25, 0.3) is 11.3 Å². The Kier molecular flexibility index (Phi) is 2.15. The van der Waals surface area contributed by atoms with E-state index >= 15 is 0 Å². The van der Waals surface area contributed by atoms with E-state index in [-0.39, 0.29) is 0 Å². The van der Waals surface area contributed by atoms with Gasteiger partial charge in [-0.2, -0.15) is 0 Å². The van der Waals surface area contributed by atoms with Gasteiger partial charge in [0.25, 0.3) is 0 Å². The molecule has 1 aliphatic rings. The third-order valence-electron chi connectivity index (χ3n) is 2.81. The molecular weight excluding hydrogens is 202 g/mol. The van der Waals surface area contributed by atoms with Gasteiger partial charge in [-0.05, 0) is 12.1 Å². The Hall–Kier alpha value is -1.81. The molecule has 82 valence electrons. The molecule has 0 fully saturated rings. The van der Waals surface area contributed by atoms with E-state index in [0.29, 0.717) is 6.61 Å². The van der Waals surface area contributed by atoms with Crippen LogP contribution in [0.4, 0.5) is 5.69 Å². The van der Waals surface area contributed by atoms with Crippen LogP contribution in [-0.4, -0.2) is 16.2 Å². The smallest absolute Gasteiger partial charge is 0.135 e. The third-order valence-corrected chi connectivity index (χ3v) is 2.81. The first-order valence-electron chi connectivity index (χ1n) is 5.32. The summed E-state index contributed by atoms with van der Waals surface area (Å²) in [6.45, 7) is 2.21. The normalized spacial score (nSPS) is 14.8. The molecule has 1 aliphatic heterocycles. The van der Waals surface area contributed by atoms with E-state index in [1.807, 2.05) is 24.4 Å². The van der Waals surface area contributed by atoms with E-state index < -0.39 is 0 Å². The first-order chi connectivity index (χ1) is 7.84. The molecule has 0 atom stereocenters. The summed E-state index contributed by atoms with van der Waals surface area (Å²) in [5, 5.41) is 0. The highest BCUT2D eigenvalue weighted by Gasteiger charge is 2.15. The van der Waals surface area contributed by atoms with Crippen LogP contribution in [0.5, 0.6) is 0 Å². The predicted molar refractivity (Wildman–Crippen MR) is 61.7 cm³/mol. The fourth-order valence-electron chi connectivity index (χ4n) is 2.03. The summed E-state index contributed by atoms with van der Waals surface area (Å²) in [7, 11) is 0. The van der Waals surface area contributed by atoms with E-state index in [9.17, 15) is 0 Å². The van der Waals surface area contributed by atoms with Crippen LogP contribution in [0.2, 0.25) is 0 Å². The lowest BCUT2D eigenvalue weighted by molar-refractivity contribution is 0.0821. The summed E-state index contributed by atoms with van der Waals surface area (Å²) in [6, 6.07) is 7.87. The Labute approximate surface area is 93.7 Å². The largest absolute Gasteiger partial charge is 0.399 e. The Morgan fingerprint density at radius 2 is 2.31 bits per heavy atom. The minimum atomic E-state index is 0.600. The van der Waals surface area contributed by atoms with E-state index in [1.165, 1.54) is 0 Å². The van der Waals surface area contributed by atoms with Crippen molar-refractivity contribution in [2.75, 3.05) is 12.3 Å². The molecule has 0 amide bonds. The van der Waals surface area contributed by atoms with Crippen LogP contribution < -0.4 is 5.73 Å². The molecule has 4 heteroatoms. The van der Waals surface area contributed by atoms with Gasteiger partial charge in [0, 0.05) is 17.8 Å². The number of nitrogens with zero attached hydrogens (tertiary/aromatic N) is 2. The summed E-state index contributed by atoms with van der Waals surface area (Å²) >= 11 is 0. The van der Waals surface area contributed by atoms with Crippen LogP contribution >= 0.6 is 0 Å². The highest BCUT2D eigenvalue weighted by Crippen LogP contribution is 2.24. The average molecular weight is 215 g/mol. The lowest BCUT2D eigenvalue weighted by atomic mass is 10.1. The number of ether oxygens (including phenoxy) is 1. The number of hydrogen-bond acceptors (Lipinski definition) is 3. The van der Waals surface area contributed by atoms with Crippen molar-refractivity contribution in [3.05, 3.63) is 36.3 Å². The number of fused-ring (bicyclic) bond motifs is 1. The minimum absolute atomic E-state index is 0.600. The maximum Gasteiger partial charge on any atom is 0.135 e. The second-order valence-electron chi connectivity index (χ2n) is 3.89. The van der Waals surface area contributed by atoms with Crippen LogP contribution in [0.1, 0.15) is 5.82 Å². The fourth-order valence-corrected chi connectivity index (χ4v) is 2.03. The SMILES string of the molecule is Nc1cccc(-c2cnc3n2CCOC3)c1. The summed E-state index contributed by atoms with van der Waals surface area (Å²) in [5.41, 5.74) is 8.79. The van der Waals surface area contributed by atoms with Crippen molar-refractivity contribution in [3.8, 4) is 11.3 Å². The zero-order valence-electron chi connectivity index (χ0n) is 8.89. The van der Waals surface area contributed by atoms with Gasteiger partial charge in [0.15, 0.2) is 0 Å². The van der Waals surface area contributed by atoms with Crippen LogP contribution in [0, 0.1) is 0 Å². The van der Waals surface area contributed by atoms with Gasteiger partial charge in [0.2, 0.25) is 0 Å². The molecule has 0 saturated carbocycles. The van der Waals surface area contributed by atoms with Gasteiger partial charge in [-0.1, -0.05) is 12.1 Å². The molecule has 4 nitrogen and oxygen atoms in total. The molecule has 0 unspecified atom stereocenters. The van der Waals surface area contributed by atoms with E-state index in [4.69, 9.17) is 10.5 Å². The number of aromatic nitrogens is 2. The number of hydrogen-bond donors (Lipinski definition) is 1. The molecule has 1 aromatic carbocycles. The molecule has 1 aromatic heterocycles. The van der Waals surface area contributed by atoms with Gasteiger partial charge >= 0.3 is 0 Å². The summed E-state index contributed by atoms with van der Waals surface area (Å²) in [5.74, 6) is 0.990. The van der Waals surface area contributed by atoms with Crippen LogP contribution in [-0.2, 0) is 17.9 Å². The van der Waals surface area contributed by atoms with Crippen molar-refractivity contribution in [2.45, 2.75) is 13.2 Å². The molecule has 0 radical (unpaired) electrons. The molecule has 0 spiro atoms. The molecule has 0 bridgehead atoms. The van der Waals surface area contributed by atoms with Crippen molar-refractivity contribution in [1.29, 1.82) is 0 Å². The maximum atomic E-state index is 5.79. The number of nitrogens with two attached hydrogens (primary N) is 1. The second-order valence-corrected chi connectivity index (χ2v) is 3.89. The Balaban J connectivity index is 2.09. The van der Waals surface area contributed by atoms with Gasteiger partial charge in [-0.25, -0.2) is 4.98 Å². The second kappa shape index (κ2) is 3.64. The molecule has 2 aromatic rings. The first-order valence-corrected chi connectivity index (χ1v) is 5.32. The maximum absolute atomic E-state index is 5.79. The monoisotopic (exact) mass is 215 g/mol. The topological polar surface area (TPSA) is 53.1 Å². The third kappa shape index (κ3) is 1.47. The van der Waals surface area contributed by atoms with Gasteiger partial charge in [0.05, 0.1) is 18.5 Å². The highest BCUT2D eigenvalue weighted by molar-refractivity contribution is 5.64. The van der Waals surface area contributed by atoms with Crippen molar-refractivity contribution in [1.82, 2.24) is 9.55 Å². The minimum Gasteiger partial charge on any atom is -0.399 e. The van der Waals surface area contributed by atoms with E-state index in [1.54, 1.807) is 0 Å². The number of nitrogen functional groups attached to an aromatic ring is 1. The average Bonchev–Trinajstić information content (AvgIpc) is 2.72. The Bertz CT molecular complexity index is 519. The van der Waals surface area contributed by atoms with Crippen molar-refractivity contribution < 1.29 is 4.74 Å². The number of benzene rings is 1. The number of anilines is 1. The molecule has 0 saturated heterocycles. The summed E-state index contributed by atoms with van der Waals surface area (Å²) in [4.78, 5) is 4.36. The quantitative estimate of drug-likeness (QED) is 0.736. The predicted octanol–water partition coefficient (Wildman–Crippen LogP) is 1.66.